The van der Waals surface area contributed by atoms with Crippen molar-refractivity contribution in [3.05, 3.63) is 42.0 Å². The Bertz CT molecular complexity index is 834. The molecule has 0 aliphatic carbocycles. The van der Waals surface area contributed by atoms with Gasteiger partial charge in [0.15, 0.2) is 5.78 Å². The third kappa shape index (κ3) is 7.13. The van der Waals surface area contributed by atoms with E-state index >= 15 is 0 Å². The summed E-state index contributed by atoms with van der Waals surface area (Å²) >= 11 is 0. The second-order valence-corrected chi connectivity index (χ2v) is 8.10. The van der Waals surface area contributed by atoms with Gasteiger partial charge in [-0.1, -0.05) is 50.8 Å². The molecule has 1 amide bonds. The summed E-state index contributed by atoms with van der Waals surface area (Å²) in [6.07, 6.45) is 6.77. The number of Topliss-reactive ketones (excluding diaryl/α,β-unsaturated/α-hetero) is 1. The van der Waals surface area contributed by atoms with E-state index in [1.165, 1.54) is 25.7 Å². The highest BCUT2D eigenvalue weighted by Crippen LogP contribution is 2.23. The number of likely N-dealkylation sites (N-methyl/N-ethyl adjacent to an activating group) is 1. The van der Waals surface area contributed by atoms with Crippen molar-refractivity contribution in [2.75, 3.05) is 38.1 Å². The molecule has 5 heteroatoms. The Hall–Kier alpha value is -2.40. The third-order valence-electron chi connectivity index (χ3n) is 5.56. The minimum atomic E-state index is 0.0657. The third-order valence-corrected chi connectivity index (χ3v) is 5.56. The summed E-state index contributed by atoms with van der Waals surface area (Å²) in [5.74, 6) is 0.212. The van der Waals surface area contributed by atoms with Crippen LogP contribution in [0.25, 0.3) is 10.8 Å². The molecule has 0 spiro atoms. The first-order valence-corrected chi connectivity index (χ1v) is 11.2. The fourth-order valence-electron chi connectivity index (χ4n) is 3.63. The van der Waals surface area contributed by atoms with Crippen LogP contribution in [0.3, 0.4) is 0 Å². The maximum Gasteiger partial charge on any atom is 0.242 e. The molecule has 0 bridgehead atoms. The Balaban J connectivity index is 2.01. The SMILES string of the molecule is CCCCCCCN(CCCN)C(=O)CN(C)c1ccc2cc(C(C)=O)ccc2c1. The first-order valence-electron chi connectivity index (χ1n) is 11.2. The molecule has 5 nitrogen and oxygen atoms in total. The van der Waals surface area contributed by atoms with Crippen molar-refractivity contribution in [2.24, 2.45) is 5.73 Å². The lowest BCUT2D eigenvalue weighted by molar-refractivity contribution is -0.129. The van der Waals surface area contributed by atoms with Gasteiger partial charge in [0.2, 0.25) is 5.91 Å². The Morgan fingerprint density at radius 2 is 1.57 bits per heavy atom. The molecule has 30 heavy (non-hydrogen) atoms. The topological polar surface area (TPSA) is 66.6 Å². The normalized spacial score (nSPS) is 10.9. The molecule has 2 aromatic carbocycles. The lowest BCUT2D eigenvalue weighted by Crippen LogP contribution is -2.40. The van der Waals surface area contributed by atoms with Crippen LogP contribution < -0.4 is 10.6 Å². The molecule has 0 atom stereocenters. The van der Waals surface area contributed by atoms with Gasteiger partial charge in [-0.15, -0.1) is 0 Å². The van der Waals surface area contributed by atoms with E-state index in [1.54, 1.807) is 6.92 Å². The monoisotopic (exact) mass is 411 g/mol. The van der Waals surface area contributed by atoms with E-state index in [-0.39, 0.29) is 11.7 Å². The van der Waals surface area contributed by atoms with Crippen LogP contribution in [-0.2, 0) is 4.79 Å². The van der Waals surface area contributed by atoms with Crippen LogP contribution in [0.4, 0.5) is 5.69 Å². The zero-order valence-corrected chi connectivity index (χ0v) is 18.8. The van der Waals surface area contributed by atoms with Gasteiger partial charge in [-0.05, 0) is 55.3 Å². The van der Waals surface area contributed by atoms with Crippen molar-refractivity contribution in [1.82, 2.24) is 4.90 Å². The molecule has 164 valence electrons. The standard InChI is InChI=1S/C25H37N3O2/c1-4-5-6-7-8-15-28(16-9-14-26)25(30)19-27(3)24-13-12-22-17-21(20(2)29)10-11-23(22)18-24/h10-13,17-18H,4-9,14-16,19,26H2,1-3H3. The molecule has 0 unspecified atom stereocenters. The van der Waals surface area contributed by atoms with Gasteiger partial charge in [0.1, 0.15) is 0 Å². The fourth-order valence-corrected chi connectivity index (χ4v) is 3.63. The predicted molar refractivity (Wildman–Crippen MR) is 126 cm³/mol. The van der Waals surface area contributed by atoms with E-state index in [9.17, 15) is 9.59 Å². The number of unbranched alkanes of at least 4 members (excludes halogenated alkanes) is 4. The maximum atomic E-state index is 12.9. The highest BCUT2D eigenvalue weighted by Gasteiger charge is 2.16. The molecule has 2 rings (SSSR count). The van der Waals surface area contributed by atoms with Crippen molar-refractivity contribution in [3.8, 4) is 0 Å². The number of hydrogen-bond donors (Lipinski definition) is 1. The highest BCUT2D eigenvalue weighted by atomic mass is 16.2. The summed E-state index contributed by atoms with van der Waals surface area (Å²) in [6.45, 7) is 6.26. The average Bonchev–Trinajstić information content (AvgIpc) is 2.74. The van der Waals surface area contributed by atoms with Crippen LogP contribution in [0.5, 0.6) is 0 Å². The number of ketones is 1. The van der Waals surface area contributed by atoms with Gasteiger partial charge in [-0.2, -0.15) is 0 Å². The van der Waals surface area contributed by atoms with Gasteiger partial charge in [0.25, 0.3) is 0 Å². The number of benzene rings is 2. The summed E-state index contributed by atoms with van der Waals surface area (Å²) in [4.78, 5) is 28.5. The molecular weight excluding hydrogens is 374 g/mol. The minimum Gasteiger partial charge on any atom is -0.365 e. The summed E-state index contributed by atoms with van der Waals surface area (Å²) in [6, 6.07) is 11.8. The second-order valence-electron chi connectivity index (χ2n) is 8.10. The number of nitrogens with zero attached hydrogens (tertiary/aromatic N) is 2. The van der Waals surface area contributed by atoms with Gasteiger partial charge in [0, 0.05) is 31.4 Å². The van der Waals surface area contributed by atoms with Gasteiger partial charge < -0.3 is 15.5 Å². The van der Waals surface area contributed by atoms with Gasteiger partial charge in [-0.25, -0.2) is 0 Å². The molecule has 0 aliphatic rings. The number of carbonyl (C=O) groups excluding carboxylic acids is 2. The molecule has 2 aromatic rings. The molecule has 0 saturated carbocycles. The molecule has 0 saturated heterocycles. The number of hydrogen-bond acceptors (Lipinski definition) is 4. The van der Waals surface area contributed by atoms with E-state index in [2.05, 4.69) is 13.0 Å². The number of nitrogens with two attached hydrogens (primary N) is 1. The molecule has 2 N–H and O–H groups in total. The van der Waals surface area contributed by atoms with Crippen molar-refractivity contribution < 1.29 is 9.59 Å². The average molecular weight is 412 g/mol. The first-order chi connectivity index (χ1) is 14.5. The highest BCUT2D eigenvalue weighted by molar-refractivity contribution is 5.99. The number of fused-ring (bicyclic) bond motifs is 1. The van der Waals surface area contributed by atoms with Crippen LogP contribution >= 0.6 is 0 Å². The van der Waals surface area contributed by atoms with E-state index in [0.717, 1.165) is 42.4 Å². The Morgan fingerprint density at radius 1 is 0.900 bits per heavy atom. The van der Waals surface area contributed by atoms with Crippen molar-refractivity contribution in [3.63, 3.8) is 0 Å². The summed E-state index contributed by atoms with van der Waals surface area (Å²) < 4.78 is 0. The largest absolute Gasteiger partial charge is 0.365 e. The zero-order chi connectivity index (χ0) is 21.9. The van der Waals surface area contributed by atoms with Gasteiger partial charge in [0.05, 0.1) is 6.54 Å². The number of rotatable bonds is 13. The minimum absolute atomic E-state index is 0.0657. The molecule has 0 fully saturated rings. The lowest BCUT2D eigenvalue weighted by atomic mass is 10.0. The first kappa shape index (κ1) is 23.9. The smallest absolute Gasteiger partial charge is 0.242 e. The quantitative estimate of drug-likeness (QED) is 0.386. The summed E-state index contributed by atoms with van der Waals surface area (Å²) in [5.41, 5.74) is 7.39. The predicted octanol–water partition coefficient (Wildman–Crippen LogP) is 4.63. The Morgan fingerprint density at radius 3 is 2.27 bits per heavy atom. The molecule has 0 aliphatic heterocycles. The zero-order valence-electron chi connectivity index (χ0n) is 18.8. The molecule has 0 heterocycles. The molecular formula is C25H37N3O2. The van der Waals surface area contributed by atoms with Gasteiger partial charge in [-0.3, -0.25) is 9.59 Å². The van der Waals surface area contributed by atoms with Crippen LogP contribution in [0.1, 0.15) is 62.7 Å². The number of amides is 1. The Kier molecular flexibility index (Phi) is 9.81. The lowest BCUT2D eigenvalue weighted by Gasteiger charge is -2.27. The maximum absolute atomic E-state index is 12.9. The fraction of sp³-hybridized carbons (Fsp3) is 0.520. The van der Waals surface area contributed by atoms with E-state index in [0.29, 0.717) is 18.7 Å². The van der Waals surface area contributed by atoms with E-state index in [1.807, 2.05) is 47.2 Å². The Labute approximate surface area is 181 Å². The number of carbonyl (C=O) groups is 2. The second kappa shape index (κ2) is 12.3. The number of anilines is 1. The summed E-state index contributed by atoms with van der Waals surface area (Å²) in [7, 11) is 1.95. The van der Waals surface area contributed by atoms with E-state index in [4.69, 9.17) is 5.73 Å². The van der Waals surface area contributed by atoms with Crippen molar-refractivity contribution >= 4 is 28.2 Å². The summed E-state index contributed by atoms with van der Waals surface area (Å²) in [5, 5.41) is 2.09. The van der Waals surface area contributed by atoms with Crippen LogP contribution in [0.2, 0.25) is 0 Å². The van der Waals surface area contributed by atoms with Gasteiger partial charge >= 0.3 is 0 Å². The van der Waals surface area contributed by atoms with Crippen LogP contribution in [0, 0.1) is 0 Å². The van der Waals surface area contributed by atoms with E-state index < -0.39 is 0 Å². The van der Waals surface area contributed by atoms with Crippen molar-refractivity contribution in [2.45, 2.75) is 52.4 Å². The molecule has 0 aromatic heterocycles. The van der Waals surface area contributed by atoms with Crippen molar-refractivity contribution in [1.29, 1.82) is 0 Å². The van der Waals surface area contributed by atoms with Crippen LogP contribution in [0.15, 0.2) is 36.4 Å². The van der Waals surface area contributed by atoms with Crippen LogP contribution in [-0.4, -0.2) is 49.8 Å². The molecule has 0 radical (unpaired) electrons.